The molecule has 1 saturated heterocycles. The first-order chi connectivity index (χ1) is 4.33. The Hall–Kier alpha value is -0.0800. The van der Waals surface area contributed by atoms with E-state index in [1.165, 1.54) is 12.8 Å². The Morgan fingerprint density at radius 2 is 2.22 bits per heavy atom. The fourth-order valence-electron chi connectivity index (χ4n) is 1.14. The third-order valence-electron chi connectivity index (χ3n) is 1.70. The first-order valence-electron chi connectivity index (χ1n) is 3.51. The molecule has 0 amide bonds. The number of rotatable bonds is 1. The average Bonchev–Trinajstić information content (AvgIpc) is 1.88. The Balaban J connectivity index is 2.23. The van der Waals surface area contributed by atoms with Gasteiger partial charge in [-0.05, 0) is 26.2 Å². The maximum Gasteiger partial charge on any atom is 0.157 e. The molecule has 9 heavy (non-hydrogen) atoms. The Kier molecular flexibility index (Phi) is 2.49. The smallest absolute Gasteiger partial charge is 0.157 e. The normalized spacial score (nSPS) is 36.7. The quantitative estimate of drug-likeness (QED) is 0.536. The van der Waals surface area contributed by atoms with Gasteiger partial charge < -0.3 is 9.47 Å². The molecular weight excluding hydrogens is 116 g/mol. The molecule has 0 aromatic carbocycles. The van der Waals surface area contributed by atoms with Gasteiger partial charge in [-0.1, -0.05) is 0 Å². The SMILES string of the molecule is CO[C@H]1CCC[C@@H](C)O1. The molecule has 0 aromatic rings. The Morgan fingerprint density at radius 1 is 1.44 bits per heavy atom. The van der Waals surface area contributed by atoms with Gasteiger partial charge >= 0.3 is 0 Å². The highest BCUT2D eigenvalue weighted by Crippen LogP contribution is 2.18. The zero-order valence-electron chi connectivity index (χ0n) is 6.09. The van der Waals surface area contributed by atoms with Crippen molar-refractivity contribution in [2.24, 2.45) is 0 Å². The summed E-state index contributed by atoms with van der Waals surface area (Å²) in [5.41, 5.74) is 0. The van der Waals surface area contributed by atoms with Crippen LogP contribution in [0.2, 0.25) is 0 Å². The molecule has 1 rings (SSSR count). The van der Waals surface area contributed by atoms with Crippen molar-refractivity contribution < 1.29 is 9.47 Å². The van der Waals surface area contributed by atoms with Gasteiger partial charge in [0.2, 0.25) is 0 Å². The Bertz CT molecular complexity index is 83.0. The summed E-state index contributed by atoms with van der Waals surface area (Å²) in [4.78, 5) is 0. The first-order valence-corrected chi connectivity index (χ1v) is 3.51. The van der Waals surface area contributed by atoms with E-state index in [9.17, 15) is 0 Å². The van der Waals surface area contributed by atoms with Gasteiger partial charge in [0.15, 0.2) is 6.29 Å². The minimum absolute atomic E-state index is 0.0637. The molecule has 1 fully saturated rings. The van der Waals surface area contributed by atoms with Crippen molar-refractivity contribution in [1.82, 2.24) is 0 Å². The second-order valence-electron chi connectivity index (χ2n) is 2.54. The van der Waals surface area contributed by atoms with Crippen LogP contribution in [0, 0.1) is 0 Å². The van der Waals surface area contributed by atoms with Crippen LogP contribution in [-0.4, -0.2) is 19.5 Å². The summed E-state index contributed by atoms with van der Waals surface area (Å²) in [5.74, 6) is 0. The molecule has 1 aliphatic rings. The molecule has 0 saturated carbocycles. The van der Waals surface area contributed by atoms with Crippen LogP contribution in [0.25, 0.3) is 0 Å². The minimum Gasteiger partial charge on any atom is -0.356 e. The third-order valence-corrected chi connectivity index (χ3v) is 1.70. The van der Waals surface area contributed by atoms with Crippen LogP contribution in [-0.2, 0) is 9.47 Å². The maximum absolute atomic E-state index is 5.41. The van der Waals surface area contributed by atoms with E-state index < -0.39 is 0 Å². The highest BCUT2D eigenvalue weighted by atomic mass is 16.7. The van der Waals surface area contributed by atoms with Crippen LogP contribution in [0.3, 0.4) is 0 Å². The van der Waals surface area contributed by atoms with E-state index in [2.05, 4.69) is 6.92 Å². The summed E-state index contributed by atoms with van der Waals surface area (Å²) < 4.78 is 10.5. The molecule has 0 aliphatic carbocycles. The van der Waals surface area contributed by atoms with Crippen molar-refractivity contribution in [1.29, 1.82) is 0 Å². The molecule has 0 N–H and O–H groups in total. The van der Waals surface area contributed by atoms with Crippen molar-refractivity contribution in [3.05, 3.63) is 0 Å². The van der Waals surface area contributed by atoms with E-state index in [0.717, 1.165) is 6.42 Å². The summed E-state index contributed by atoms with van der Waals surface area (Å²) >= 11 is 0. The zero-order valence-corrected chi connectivity index (χ0v) is 6.09. The second kappa shape index (κ2) is 3.18. The molecule has 0 radical (unpaired) electrons. The van der Waals surface area contributed by atoms with Crippen LogP contribution in [0.15, 0.2) is 0 Å². The van der Waals surface area contributed by atoms with E-state index in [4.69, 9.17) is 9.47 Å². The lowest BCUT2D eigenvalue weighted by atomic mass is 10.1. The molecular formula is C7H14O2. The van der Waals surface area contributed by atoms with Gasteiger partial charge in [-0.2, -0.15) is 0 Å². The lowest BCUT2D eigenvalue weighted by Crippen LogP contribution is -2.26. The second-order valence-corrected chi connectivity index (χ2v) is 2.54. The fraction of sp³-hybridized carbons (Fsp3) is 1.00. The number of ether oxygens (including phenoxy) is 2. The highest BCUT2D eigenvalue weighted by molar-refractivity contribution is 4.60. The standard InChI is InChI=1S/C7H14O2/c1-6-4-3-5-7(8-2)9-6/h6-7H,3-5H2,1-2H3/t6-,7-/m1/s1. The molecule has 0 bridgehead atoms. The van der Waals surface area contributed by atoms with Crippen molar-refractivity contribution in [3.63, 3.8) is 0 Å². The van der Waals surface area contributed by atoms with E-state index in [1.807, 2.05) is 0 Å². The molecule has 1 heterocycles. The van der Waals surface area contributed by atoms with Crippen molar-refractivity contribution in [2.45, 2.75) is 38.6 Å². The van der Waals surface area contributed by atoms with Crippen LogP contribution >= 0.6 is 0 Å². The molecule has 0 aromatic heterocycles. The third kappa shape index (κ3) is 1.95. The summed E-state index contributed by atoms with van der Waals surface area (Å²) in [5, 5.41) is 0. The zero-order chi connectivity index (χ0) is 6.69. The lowest BCUT2D eigenvalue weighted by molar-refractivity contribution is -0.174. The van der Waals surface area contributed by atoms with Gasteiger partial charge in [-0.3, -0.25) is 0 Å². The summed E-state index contributed by atoms with van der Waals surface area (Å²) in [6.07, 6.45) is 3.93. The molecule has 0 unspecified atom stereocenters. The van der Waals surface area contributed by atoms with Gasteiger partial charge in [-0.25, -0.2) is 0 Å². The van der Waals surface area contributed by atoms with Crippen molar-refractivity contribution in [2.75, 3.05) is 7.11 Å². The topological polar surface area (TPSA) is 18.5 Å². The molecule has 1 aliphatic heterocycles. The molecule has 2 atom stereocenters. The predicted molar refractivity (Wildman–Crippen MR) is 35.2 cm³/mol. The molecule has 54 valence electrons. The molecule has 0 spiro atoms. The monoisotopic (exact) mass is 130 g/mol. The van der Waals surface area contributed by atoms with Gasteiger partial charge in [0.05, 0.1) is 6.10 Å². The van der Waals surface area contributed by atoms with Gasteiger partial charge in [0, 0.05) is 7.11 Å². The van der Waals surface area contributed by atoms with E-state index in [-0.39, 0.29) is 6.29 Å². The van der Waals surface area contributed by atoms with Gasteiger partial charge in [0.25, 0.3) is 0 Å². The van der Waals surface area contributed by atoms with E-state index in [1.54, 1.807) is 7.11 Å². The van der Waals surface area contributed by atoms with Crippen LogP contribution < -0.4 is 0 Å². The van der Waals surface area contributed by atoms with E-state index in [0.29, 0.717) is 6.10 Å². The molecule has 2 heteroatoms. The number of methoxy groups -OCH3 is 1. The van der Waals surface area contributed by atoms with Crippen molar-refractivity contribution in [3.8, 4) is 0 Å². The average molecular weight is 130 g/mol. The Labute approximate surface area is 56.2 Å². The first kappa shape index (κ1) is 7.03. The number of hydrogen-bond donors (Lipinski definition) is 0. The van der Waals surface area contributed by atoms with Gasteiger partial charge in [-0.15, -0.1) is 0 Å². The summed E-state index contributed by atoms with van der Waals surface area (Å²) in [6, 6.07) is 0. The maximum atomic E-state index is 5.41. The predicted octanol–water partition coefficient (Wildman–Crippen LogP) is 1.55. The van der Waals surface area contributed by atoms with Crippen LogP contribution in [0.4, 0.5) is 0 Å². The Morgan fingerprint density at radius 3 is 2.67 bits per heavy atom. The fourth-order valence-corrected chi connectivity index (χ4v) is 1.14. The summed E-state index contributed by atoms with van der Waals surface area (Å²) in [6.45, 7) is 2.09. The van der Waals surface area contributed by atoms with Crippen LogP contribution in [0.5, 0.6) is 0 Å². The summed E-state index contributed by atoms with van der Waals surface area (Å²) in [7, 11) is 1.70. The molecule has 2 nitrogen and oxygen atoms in total. The van der Waals surface area contributed by atoms with E-state index >= 15 is 0 Å². The van der Waals surface area contributed by atoms with Crippen LogP contribution in [0.1, 0.15) is 26.2 Å². The van der Waals surface area contributed by atoms with Gasteiger partial charge in [0.1, 0.15) is 0 Å². The van der Waals surface area contributed by atoms with Crippen molar-refractivity contribution >= 4 is 0 Å². The largest absolute Gasteiger partial charge is 0.356 e. The number of hydrogen-bond acceptors (Lipinski definition) is 2. The highest BCUT2D eigenvalue weighted by Gasteiger charge is 2.17. The minimum atomic E-state index is 0.0637. The lowest BCUT2D eigenvalue weighted by Gasteiger charge is -2.26.